The van der Waals surface area contributed by atoms with E-state index in [0.29, 0.717) is 46.8 Å². The van der Waals surface area contributed by atoms with Gasteiger partial charge < -0.3 is 26.2 Å². The number of aliphatic hydroxyl groups is 2. The standard InChI is InChI=1S/C38H37N7O6/c1-25(8-5-6-19-43-23-34(41-42-43)32(24-46)27-10-3-2-4-11-27)38(49)33-21-31(45(50)51)17-18-35(33)44(37(38)48)22-26-9-7-12-30(20-26)40-36(47)28-13-15-29(39)16-14-28/h2-5,7-18,20-21,23,25,32,46,49H,6,19,22,24,39H2,1H3,(H,40,47)/b8-5+/t25-,32?,38+/m1/s1. The Labute approximate surface area is 293 Å². The fraction of sp³-hybridized carbons (Fsp3) is 0.211. The molecule has 3 atom stereocenters. The Bertz CT molecular complexity index is 2080. The number of carbonyl (C=O) groups is 2. The number of nitro benzene ring substituents is 1. The van der Waals surface area contributed by atoms with Gasteiger partial charge in [-0.3, -0.25) is 24.4 Å². The first-order chi connectivity index (χ1) is 24.6. The Morgan fingerprint density at radius 3 is 2.55 bits per heavy atom. The molecule has 0 spiro atoms. The van der Waals surface area contributed by atoms with Crippen molar-refractivity contribution in [2.45, 2.75) is 38.0 Å². The van der Waals surface area contributed by atoms with E-state index in [1.165, 1.54) is 23.1 Å². The summed E-state index contributed by atoms with van der Waals surface area (Å²) in [6, 6.07) is 27.1. The third-order valence-corrected chi connectivity index (χ3v) is 9.07. The molecule has 13 heteroatoms. The van der Waals surface area contributed by atoms with Crippen LogP contribution >= 0.6 is 0 Å². The Balaban J connectivity index is 1.17. The van der Waals surface area contributed by atoms with Crippen LogP contribution in [0.4, 0.5) is 22.7 Å². The minimum Gasteiger partial charge on any atom is -0.399 e. The molecule has 1 aliphatic heterocycles. The van der Waals surface area contributed by atoms with E-state index in [4.69, 9.17) is 5.73 Å². The van der Waals surface area contributed by atoms with Crippen molar-refractivity contribution in [2.24, 2.45) is 5.92 Å². The Kier molecular flexibility index (Phi) is 10.0. The van der Waals surface area contributed by atoms with Crippen molar-refractivity contribution in [2.75, 3.05) is 22.6 Å². The first kappa shape index (κ1) is 34.7. The second-order valence-corrected chi connectivity index (χ2v) is 12.5. The molecule has 0 radical (unpaired) electrons. The number of anilines is 3. The Morgan fingerprint density at radius 1 is 1.06 bits per heavy atom. The zero-order valence-electron chi connectivity index (χ0n) is 27.8. The highest BCUT2D eigenvalue weighted by Gasteiger charge is 2.53. The Hall–Kier alpha value is -6.18. The molecule has 5 aromatic rings. The zero-order valence-corrected chi connectivity index (χ0v) is 27.8. The molecule has 0 fully saturated rings. The van der Waals surface area contributed by atoms with Gasteiger partial charge in [-0.25, -0.2) is 0 Å². The quantitative estimate of drug-likeness (QED) is 0.0561. The fourth-order valence-corrected chi connectivity index (χ4v) is 6.26. The molecular formula is C38H37N7O6. The van der Waals surface area contributed by atoms with E-state index in [1.54, 1.807) is 72.4 Å². The SMILES string of the molecule is C[C@H](/C=C/CCn1cc(C(CO)c2ccccc2)nn1)[C@@]1(O)C(=O)N(Cc2cccc(NC(=O)c3ccc(N)cc3)c2)c2ccc([N+](=O)[O-])cc21. The van der Waals surface area contributed by atoms with Crippen LogP contribution in [0.15, 0.2) is 115 Å². The van der Waals surface area contributed by atoms with Gasteiger partial charge in [-0.1, -0.05) is 66.8 Å². The van der Waals surface area contributed by atoms with Crippen molar-refractivity contribution in [1.29, 1.82) is 0 Å². The van der Waals surface area contributed by atoms with Crippen LogP contribution in [0, 0.1) is 16.0 Å². The van der Waals surface area contributed by atoms with Crippen LogP contribution in [0.25, 0.3) is 0 Å². The lowest BCUT2D eigenvalue weighted by Crippen LogP contribution is -2.44. The number of nitrogen functional groups attached to an aromatic ring is 1. The molecule has 0 saturated heterocycles. The normalized spacial score (nSPS) is 16.6. The van der Waals surface area contributed by atoms with Gasteiger partial charge in [0, 0.05) is 53.3 Å². The molecule has 260 valence electrons. The predicted octanol–water partition coefficient (Wildman–Crippen LogP) is 5.16. The van der Waals surface area contributed by atoms with Crippen molar-refractivity contribution >= 4 is 34.6 Å². The van der Waals surface area contributed by atoms with Gasteiger partial charge in [-0.15, -0.1) is 5.10 Å². The van der Waals surface area contributed by atoms with Gasteiger partial charge >= 0.3 is 0 Å². The van der Waals surface area contributed by atoms with E-state index in [9.17, 15) is 29.9 Å². The van der Waals surface area contributed by atoms with Crippen molar-refractivity contribution < 1.29 is 24.7 Å². The highest BCUT2D eigenvalue weighted by molar-refractivity contribution is 6.07. The van der Waals surface area contributed by atoms with Gasteiger partial charge in [0.15, 0.2) is 5.60 Å². The number of rotatable bonds is 13. The van der Waals surface area contributed by atoms with E-state index in [1.807, 2.05) is 36.4 Å². The number of nitro groups is 1. The number of allylic oxidation sites excluding steroid dienone is 1. The van der Waals surface area contributed by atoms with Gasteiger partial charge in [0.25, 0.3) is 17.5 Å². The molecule has 13 nitrogen and oxygen atoms in total. The third kappa shape index (κ3) is 7.25. The van der Waals surface area contributed by atoms with Crippen LogP contribution in [0.2, 0.25) is 0 Å². The van der Waals surface area contributed by atoms with Crippen LogP contribution in [0.1, 0.15) is 52.0 Å². The molecule has 0 bridgehead atoms. The van der Waals surface area contributed by atoms with Crippen LogP contribution in [-0.2, 0) is 23.5 Å². The van der Waals surface area contributed by atoms with Crippen LogP contribution in [-0.4, -0.2) is 48.6 Å². The summed E-state index contributed by atoms with van der Waals surface area (Å²) in [7, 11) is 0. The molecule has 1 aliphatic rings. The number of non-ortho nitro benzene ring substituents is 1. The number of benzene rings is 4. The summed E-state index contributed by atoms with van der Waals surface area (Å²) in [6.45, 7) is 2.07. The molecule has 5 N–H and O–H groups in total. The summed E-state index contributed by atoms with van der Waals surface area (Å²) < 4.78 is 1.66. The summed E-state index contributed by atoms with van der Waals surface area (Å²) in [5.41, 5.74) is 7.61. The number of aryl methyl sites for hydroxylation is 1. The first-order valence-electron chi connectivity index (χ1n) is 16.4. The molecule has 2 amide bonds. The largest absolute Gasteiger partial charge is 0.399 e. The summed E-state index contributed by atoms with van der Waals surface area (Å²) >= 11 is 0. The van der Waals surface area contributed by atoms with Crippen LogP contribution < -0.4 is 16.0 Å². The van der Waals surface area contributed by atoms with E-state index >= 15 is 0 Å². The lowest BCUT2D eigenvalue weighted by molar-refractivity contribution is -0.385. The van der Waals surface area contributed by atoms with E-state index < -0.39 is 22.3 Å². The second kappa shape index (κ2) is 14.7. The number of amides is 2. The molecule has 2 heterocycles. The average Bonchev–Trinajstić information content (AvgIpc) is 3.68. The second-order valence-electron chi connectivity index (χ2n) is 12.5. The molecule has 0 aliphatic carbocycles. The van der Waals surface area contributed by atoms with Crippen molar-refractivity contribution in [3.63, 3.8) is 0 Å². The predicted molar refractivity (Wildman–Crippen MR) is 192 cm³/mol. The maximum absolute atomic E-state index is 14.1. The van der Waals surface area contributed by atoms with E-state index in [2.05, 4.69) is 15.6 Å². The van der Waals surface area contributed by atoms with Gasteiger partial charge in [-0.05, 0) is 60.0 Å². The fourth-order valence-electron chi connectivity index (χ4n) is 6.26. The number of hydrogen-bond acceptors (Lipinski definition) is 9. The number of fused-ring (bicyclic) bond motifs is 1. The lowest BCUT2D eigenvalue weighted by atomic mass is 9.82. The maximum Gasteiger partial charge on any atom is 0.269 e. The van der Waals surface area contributed by atoms with Crippen molar-refractivity contribution in [3.8, 4) is 0 Å². The number of aliphatic hydroxyl groups excluding tert-OH is 1. The van der Waals surface area contributed by atoms with Crippen LogP contribution in [0.3, 0.4) is 0 Å². The van der Waals surface area contributed by atoms with E-state index in [-0.39, 0.29) is 36.2 Å². The average molecular weight is 688 g/mol. The molecule has 1 unspecified atom stereocenters. The third-order valence-electron chi connectivity index (χ3n) is 9.07. The molecule has 1 aromatic heterocycles. The molecule has 4 aromatic carbocycles. The zero-order chi connectivity index (χ0) is 36.1. The number of nitrogens with one attached hydrogen (secondary N) is 1. The summed E-state index contributed by atoms with van der Waals surface area (Å²) in [6.07, 6.45) is 5.82. The number of nitrogens with zero attached hydrogens (tertiary/aromatic N) is 5. The maximum atomic E-state index is 14.1. The topological polar surface area (TPSA) is 190 Å². The number of nitrogens with two attached hydrogens (primary N) is 1. The molecule has 6 rings (SSSR count). The smallest absolute Gasteiger partial charge is 0.269 e. The minimum absolute atomic E-state index is 0.0421. The molecule has 51 heavy (non-hydrogen) atoms. The van der Waals surface area contributed by atoms with Gasteiger partial charge in [0.2, 0.25) is 0 Å². The minimum atomic E-state index is -2.08. The highest BCUT2D eigenvalue weighted by Crippen LogP contribution is 2.47. The van der Waals surface area contributed by atoms with Crippen molar-refractivity contribution in [1.82, 2.24) is 15.0 Å². The Morgan fingerprint density at radius 2 is 1.82 bits per heavy atom. The van der Waals surface area contributed by atoms with E-state index in [0.717, 1.165) is 5.56 Å². The molecule has 0 saturated carbocycles. The number of aromatic nitrogens is 3. The van der Waals surface area contributed by atoms with Crippen LogP contribution in [0.5, 0.6) is 0 Å². The summed E-state index contributed by atoms with van der Waals surface area (Å²) in [5.74, 6) is -2.02. The highest BCUT2D eigenvalue weighted by atomic mass is 16.6. The summed E-state index contributed by atoms with van der Waals surface area (Å²) in [5, 5.41) is 45.1. The monoisotopic (exact) mass is 687 g/mol. The van der Waals surface area contributed by atoms with Gasteiger partial charge in [0.1, 0.15) is 0 Å². The van der Waals surface area contributed by atoms with Gasteiger partial charge in [-0.2, -0.15) is 0 Å². The van der Waals surface area contributed by atoms with Crippen molar-refractivity contribution in [3.05, 3.63) is 153 Å². The van der Waals surface area contributed by atoms with Gasteiger partial charge in [0.05, 0.1) is 35.4 Å². The number of carbonyl (C=O) groups excluding carboxylic acids is 2. The number of hydrogen-bond donors (Lipinski definition) is 4. The summed E-state index contributed by atoms with van der Waals surface area (Å²) in [4.78, 5) is 39.5. The first-order valence-corrected chi connectivity index (χ1v) is 16.4. The molecular weight excluding hydrogens is 650 g/mol. The lowest BCUT2D eigenvalue weighted by Gasteiger charge is -2.27.